The molecule has 0 amide bonds. The number of halogens is 3. The standard InChI is InChI=1S/C15H16Cl2N2O2S2.ClH/c16-14-6-13(15(17)22-14)23(20,21)19-8-11(7-18)12(9-19)10-4-2-1-3-5-10;/h1-6,11-12H,7-9,18H2;1H/t11-,12+;/m1./s1. The second-order valence-electron chi connectivity index (χ2n) is 5.52. The number of hydrogen-bond acceptors (Lipinski definition) is 4. The van der Waals surface area contributed by atoms with Gasteiger partial charge in [-0.2, -0.15) is 4.31 Å². The third-order valence-corrected chi connectivity index (χ3v) is 7.77. The first-order chi connectivity index (χ1) is 10.9. The fourth-order valence-electron chi connectivity index (χ4n) is 2.98. The molecule has 2 heterocycles. The van der Waals surface area contributed by atoms with Gasteiger partial charge in [0, 0.05) is 19.0 Å². The van der Waals surface area contributed by atoms with Crippen LogP contribution < -0.4 is 5.73 Å². The lowest BCUT2D eigenvalue weighted by atomic mass is 9.89. The van der Waals surface area contributed by atoms with Crippen molar-refractivity contribution in [3.8, 4) is 0 Å². The maximum atomic E-state index is 12.9. The van der Waals surface area contributed by atoms with Crippen LogP contribution in [-0.2, 0) is 10.0 Å². The summed E-state index contributed by atoms with van der Waals surface area (Å²) in [6.45, 7) is 1.23. The molecule has 1 aliphatic rings. The van der Waals surface area contributed by atoms with Gasteiger partial charge in [0.1, 0.15) is 9.23 Å². The molecule has 0 aliphatic carbocycles. The van der Waals surface area contributed by atoms with Crippen molar-refractivity contribution in [2.24, 2.45) is 11.7 Å². The first-order valence-corrected chi connectivity index (χ1v) is 10.1. The Labute approximate surface area is 162 Å². The Morgan fingerprint density at radius 3 is 2.42 bits per heavy atom. The predicted octanol–water partition coefficient (Wildman–Crippen LogP) is 3.84. The summed E-state index contributed by atoms with van der Waals surface area (Å²) in [4.78, 5) is 0.0821. The summed E-state index contributed by atoms with van der Waals surface area (Å²) >= 11 is 13.0. The third-order valence-electron chi connectivity index (χ3n) is 4.18. The Balaban J connectivity index is 0.00000208. The number of benzene rings is 1. The number of sulfonamides is 1. The van der Waals surface area contributed by atoms with E-state index >= 15 is 0 Å². The van der Waals surface area contributed by atoms with Gasteiger partial charge in [0.2, 0.25) is 10.0 Å². The fourth-order valence-corrected chi connectivity index (χ4v) is 6.62. The van der Waals surface area contributed by atoms with Crippen LogP contribution in [0.4, 0.5) is 0 Å². The molecular weight excluding hydrogens is 411 g/mol. The largest absolute Gasteiger partial charge is 0.330 e. The molecule has 9 heteroatoms. The van der Waals surface area contributed by atoms with E-state index in [1.807, 2.05) is 30.3 Å². The van der Waals surface area contributed by atoms with E-state index in [9.17, 15) is 8.42 Å². The number of thiophene rings is 1. The van der Waals surface area contributed by atoms with E-state index in [2.05, 4.69) is 0 Å². The number of nitrogens with zero attached hydrogens (tertiary/aromatic N) is 1. The van der Waals surface area contributed by atoms with Crippen LogP contribution in [0, 0.1) is 5.92 Å². The Morgan fingerprint density at radius 2 is 1.88 bits per heavy atom. The Bertz CT molecular complexity index is 796. The maximum absolute atomic E-state index is 12.9. The molecule has 2 atom stereocenters. The second kappa shape index (κ2) is 7.91. The third kappa shape index (κ3) is 3.75. The van der Waals surface area contributed by atoms with Crippen molar-refractivity contribution in [2.45, 2.75) is 10.8 Å². The first-order valence-electron chi connectivity index (χ1n) is 7.13. The highest BCUT2D eigenvalue weighted by Crippen LogP contribution is 2.40. The summed E-state index contributed by atoms with van der Waals surface area (Å²) in [7, 11) is -3.66. The van der Waals surface area contributed by atoms with Crippen LogP contribution in [0.5, 0.6) is 0 Å². The first kappa shape index (κ1) is 20.0. The molecule has 1 fully saturated rings. The lowest BCUT2D eigenvalue weighted by Crippen LogP contribution is -2.29. The van der Waals surface area contributed by atoms with Crippen LogP contribution in [0.1, 0.15) is 11.5 Å². The van der Waals surface area contributed by atoms with Crippen molar-refractivity contribution in [3.63, 3.8) is 0 Å². The van der Waals surface area contributed by atoms with E-state index in [0.717, 1.165) is 16.9 Å². The smallest absolute Gasteiger partial charge is 0.245 e. The zero-order valence-corrected chi connectivity index (χ0v) is 16.5. The number of hydrogen-bond donors (Lipinski definition) is 1. The predicted molar refractivity (Wildman–Crippen MR) is 102 cm³/mol. The quantitative estimate of drug-likeness (QED) is 0.806. The van der Waals surface area contributed by atoms with Gasteiger partial charge in [0.25, 0.3) is 0 Å². The number of nitrogens with two attached hydrogens (primary N) is 1. The lowest BCUT2D eigenvalue weighted by molar-refractivity contribution is 0.459. The van der Waals surface area contributed by atoms with Gasteiger partial charge in [0.05, 0.1) is 4.34 Å². The van der Waals surface area contributed by atoms with Gasteiger partial charge in [-0.25, -0.2) is 8.42 Å². The Morgan fingerprint density at radius 1 is 1.21 bits per heavy atom. The summed E-state index contributed by atoms with van der Waals surface area (Å²) in [5.74, 6) is 0.170. The highest BCUT2D eigenvalue weighted by atomic mass is 35.5. The molecule has 24 heavy (non-hydrogen) atoms. The molecule has 0 saturated carbocycles. The minimum Gasteiger partial charge on any atom is -0.330 e. The van der Waals surface area contributed by atoms with E-state index in [-0.39, 0.29) is 33.5 Å². The molecule has 3 rings (SSSR count). The minimum atomic E-state index is -3.66. The summed E-state index contributed by atoms with van der Waals surface area (Å²) in [6.07, 6.45) is 0. The van der Waals surface area contributed by atoms with E-state index in [1.54, 1.807) is 0 Å². The van der Waals surface area contributed by atoms with Crippen LogP contribution in [0.15, 0.2) is 41.3 Å². The molecule has 0 spiro atoms. The fraction of sp³-hybridized carbons (Fsp3) is 0.333. The summed E-state index contributed by atoms with van der Waals surface area (Å²) in [5, 5.41) is 0. The van der Waals surface area contributed by atoms with Crippen LogP contribution in [0.2, 0.25) is 8.67 Å². The molecule has 0 unspecified atom stereocenters. The van der Waals surface area contributed by atoms with Gasteiger partial charge in [-0.1, -0.05) is 53.5 Å². The lowest BCUT2D eigenvalue weighted by Gasteiger charge is -2.16. The van der Waals surface area contributed by atoms with Crippen molar-refractivity contribution in [1.29, 1.82) is 0 Å². The van der Waals surface area contributed by atoms with Crippen molar-refractivity contribution in [2.75, 3.05) is 19.6 Å². The molecule has 1 aromatic carbocycles. The topological polar surface area (TPSA) is 63.4 Å². The van der Waals surface area contributed by atoms with Crippen molar-refractivity contribution < 1.29 is 8.42 Å². The monoisotopic (exact) mass is 426 g/mol. The van der Waals surface area contributed by atoms with Crippen LogP contribution in [0.25, 0.3) is 0 Å². The van der Waals surface area contributed by atoms with Crippen molar-refractivity contribution >= 4 is 57.0 Å². The zero-order valence-electron chi connectivity index (χ0n) is 12.6. The molecule has 0 radical (unpaired) electrons. The molecule has 1 saturated heterocycles. The molecular formula is C15H17Cl3N2O2S2. The zero-order chi connectivity index (χ0) is 16.6. The molecule has 132 valence electrons. The average molecular weight is 428 g/mol. The molecule has 1 aliphatic heterocycles. The van der Waals surface area contributed by atoms with Crippen molar-refractivity contribution in [3.05, 3.63) is 50.6 Å². The van der Waals surface area contributed by atoms with E-state index < -0.39 is 10.0 Å². The van der Waals surface area contributed by atoms with E-state index in [4.69, 9.17) is 28.9 Å². The molecule has 4 nitrogen and oxygen atoms in total. The highest BCUT2D eigenvalue weighted by molar-refractivity contribution is 7.89. The SMILES string of the molecule is Cl.NC[C@@H]1CN(S(=O)(=O)c2cc(Cl)sc2Cl)C[C@H]1c1ccccc1. The van der Waals surface area contributed by atoms with Crippen LogP contribution in [-0.4, -0.2) is 32.4 Å². The molecule has 0 bridgehead atoms. The summed E-state index contributed by atoms with van der Waals surface area (Å²) < 4.78 is 27.7. The maximum Gasteiger partial charge on any atom is 0.245 e. The molecule has 2 N–H and O–H groups in total. The second-order valence-corrected chi connectivity index (χ2v) is 9.72. The summed E-state index contributed by atoms with van der Waals surface area (Å²) in [6, 6.07) is 11.3. The number of rotatable bonds is 4. The Kier molecular flexibility index (Phi) is 6.58. The van der Waals surface area contributed by atoms with E-state index in [1.165, 1.54) is 10.4 Å². The molecule has 2 aromatic rings. The van der Waals surface area contributed by atoms with Crippen molar-refractivity contribution in [1.82, 2.24) is 4.31 Å². The van der Waals surface area contributed by atoms with Crippen LogP contribution >= 0.6 is 46.9 Å². The normalized spacial score (nSPS) is 21.6. The minimum absolute atomic E-state index is 0. The Hall–Kier alpha value is -0.340. The average Bonchev–Trinajstić information content (AvgIpc) is 3.12. The van der Waals surface area contributed by atoms with E-state index in [0.29, 0.717) is 24.0 Å². The summed E-state index contributed by atoms with van der Waals surface area (Å²) in [5.41, 5.74) is 6.98. The van der Waals surface area contributed by atoms with Gasteiger partial charge < -0.3 is 5.73 Å². The molecule has 1 aromatic heterocycles. The van der Waals surface area contributed by atoms with Gasteiger partial charge in [-0.05, 0) is 24.1 Å². The van der Waals surface area contributed by atoms with Gasteiger partial charge in [-0.15, -0.1) is 23.7 Å². The van der Waals surface area contributed by atoms with Gasteiger partial charge >= 0.3 is 0 Å². The van der Waals surface area contributed by atoms with Gasteiger partial charge in [-0.3, -0.25) is 0 Å². The van der Waals surface area contributed by atoms with Gasteiger partial charge in [0.15, 0.2) is 0 Å². The van der Waals surface area contributed by atoms with Crippen LogP contribution in [0.3, 0.4) is 0 Å². The highest BCUT2D eigenvalue weighted by Gasteiger charge is 2.40.